The zero-order valence-electron chi connectivity index (χ0n) is 17.2. The Labute approximate surface area is 184 Å². The monoisotopic (exact) mass is 432 g/mol. The highest BCUT2D eigenvalue weighted by molar-refractivity contribution is 7.99. The first-order valence-corrected chi connectivity index (χ1v) is 10.8. The van der Waals surface area contributed by atoms with Crippen molar-refractivity contribution in [1.82, 2.24) is 14.8 Å². The lowest BCUT2D eigenvalue weighted by Gasteiger charge is -2.12. The summed E-state index contributed by atoms with van der Waals surface area (Å²) in [6.07, 6.45) is 0. The average Bonchev–Trinajstić information content (AvgIpc) is 3.20. The zero-order valence-corrected chi connectivity index (χ0v) is 18.0. The first kappa shape index (κ1) is 20.8. The molecular formula is C24H21FN4OS. The van der Waals surface area contributed by atoms with Gasteiger partial charge in [0.1, 0.15) is 5.82 Å². The number of nitrogens with one attached hydrogen (secondary N) is 1. The van der Waals surface area contributed by atoms with Crippen LogP contribution in [0.2, 0.25) is 0 Å². The van der Waals surface area contributed by atoms with Gasteiger partial charge in [0.05, 0.1) is 17.1 Å². The Balaban J connectivity index is 1.63. The number of carbonyl (C=O) groups is 1. The van der Waals surface area contributed by atoms with Crippen molar-refractivity contribution in [1.29, 1.82) is 0 Å². The fourth-order valence-corrected chi connectivity index (χ4v) is 3.87. The van der Waals surface area contributed by atoms with Crippen molar-refractivity contribution in [2.75, 3.05) is 11.1 Å². The van der Waals surface area contributed by atoms with Crippen LogP contribution in [0.4, 0.5) is 10.1 Å². The number of anilines is 1. The Bertz CT molecular complexity index is 1220. The number of nitrogens with zero attached hydrogens (tertiary/aromatic N) is 3. The molecule has 156 valence electrons. The predicted octanol–water partition coefficient (Wildman–Crippen LogP) is 5.42. The van der Waals surface area contributed by atoms with Crippen LogP contribution in [0.3, 0.4) is 0 Å². The molecule has 7 heteroatoms. The second-order valence-electron chi connectivity index (χ2n) is 7.09. The summed E-state index contributed by atoms with van der Waals surface area (Å²) in [5.74, 6) is -0.0103. The molecule has 0 atom stereocenters. The zero-order chi connectivity index (χ0) is 21.8. The lowest BCUT2D eigenvalue weighted by molar-refractivity contribution is -0.113. The van der Waals surface area contributed by atoms with Gasteiger partial charge in [-0.05, 0) is 49.2 Å². The normalized spacial score (nSPS) is 10.8. The number of benzene rings is 3. The number of thioether (sulfide) groups is 1. The van der Waals surface area contributed by atoms with Gasteiger partial charge in [0, 0.05) is 5.56 Å². The molecule has 0 aliphatic rings. The summed E-state index contributed by atoms with van der Waals surface area (Å²) >= 11 is 1.26. The summed E-state index contributed by atoms with van der Waals surface area (Å²) in [4.78, 5) is 12.4. The summed E-state index contributed by atoms with van der Waals surface area (Å²) in [6.45, 7) is 4.12. The number of aryl methyl sites for hydroxylation is 2. The fourth-order valence-electron chi connectivity index (χ4n) is 3.11. The molecule has 0 fully saturated rings. The van der Waals surface area contributed by atoms with Crippen LogP contribution in [0.1, 0.15) is 11.1 Å². The van der Waals surface area contributed by atoms with Crippen LogP contribution >= 0.6 is 11.8 Å². The Morgan fingerprint density at radius 1 is 0.968 bits per heavy atom. The minimum Gasteiger partial charge on any atom is -0.323 e. The molecule has 0 bridgehead atoms. The Morgan fingerprint density at radius 2 is 1.71 bits per heavy atom. The molecule has 3 aromatic carbocycles. The van der Waals surface area contributed by atoms with E-state index in [0.717, 1.165) is 16.8 Å². The number of amides is 1. The van der Waals surface area contributed by atoms with Crippen molar-refractivity contribution in [3.8, 4) is 17.1 Å². The molecule has 5 nitrogen and oxygen atoms in total. The number of hydrogen-bond acceptors (Lipinski definition) is 4. The van der Waals surface area contributed by atoms with Gasteiger partial charge in [0.15, 0.2) is 11.0 Å². The quantitative estimate of drug-likeness (QED) is 0.413. The average molecular weight is 433 g/mol. The van der Waals surface area contributed by atoms with Crippen LogP contribution in [-0.4, -0.2) is 26.4 Å². The minimum atomic E-state index is -0.467. The van der Waals surface area contributed by atoms with E-state index < -0.39 is 5.82 Å². The molecule has 0 aliphatic carbocycles. The van der Waals surface area contributed by atoms with Crippen LogP contribution in [0.15, 0.2) is 78.0 Å². The topological polar surface area (TPSA) is 59.8 Å². The smallest absolute Gasteiger partial charge is 0.234 e. The van der Waals surface area contributed by atoms with E-state index in [4.69, 9.17) is 0 Å². The molecule has 4 rings (SSSR count). The molecule has 1 N–H and O–H groups in total. The maximum Gasteiger partial charge on any atom is 0.234 e. The Kier molecular flexibility index (Phi) is 6.13. The second-order valence-corrected chi connectivity index (χ2v) is 8.04. The third kappa shape index (κ3) is 4.67. The van der Waals surface area contributed by atoms with Crippen LogP contribution in [-0.2, 0) is 4.79 Å². The number of halogens is 1. The highest BCUT2D eigenvalue weighted by Crippen LogP contribution is 2.29. The molecule has 4 aromatic rings. The summed E-state index contributed by atoms with van der Waals surface area (Å²) in [7, 11) is 0. The van der Waals surface area contributed by atoms with E-state index in [0.29, 0.717) is 11.0 Å². The van der Waals surface area contributed by atoms with Gasteiger partial charge in [-0.2, -0.15) is 0 Å². The van der Waals surface area contributed by atoms with Crippen molar-refractivity contribution in [2.24, 2.45) is 0 Å². The predicted molar refractivity (Wildman–Crippen MR) is 122 cm³/mol. The first-order valence-electron chi connectivity index (χ1n) is 9.78. The van der Waals surface area contributed by atoms with E-state index in [1.54, 1.807) is 12.1 Å². The van der Waals surface area contributed by atoms with E-state index >= 15 is 0 Å². The Hall–Kier alpha value is -3.45. The largest absolute Gasteiger partial charge is 0.323 e. The van der Waals surface area contributed by atoms with Crippen LogP contribution in [0, 0.1) is 19.7 Å². The van der Waals surface area contributed by atoms with E-state index in [1.165, 1.54) is 29.5 Å². The maximum atomic E-state index is 13.8. The summed E-state index contributed by atoms with van der Waals surface area (Å²) < 4.78 is 15.8. The van der Waals surface area contributed by atoms with Crippen molar-refractivity contribution in [3.63, 3.8) is 0 Å². The highest BCUT2D eigenvalue weighted by Gasteiger charge is 2.18. The van der Waals surface area contributed by atoms with Crippen molar-refractivity contribution >= 4 is 23.4 Å². The first-order chi connectivity index (χ1) is 15.0. The molecule has 0 radical (unpaired) electrons. The van der Waals surface area contributed by atoms with Crippen LogP contribution in [0.25, 0.3) is 17.1 Å². The SMILES string of the molecule is Cc1ccc(-n2c(SCC(=O)Nc3ccccc3F)nnc2-c2ccccc2)cc1C. The number of rotatable bonds is 6. The van der Waals surface area contributed by atoms with E-state index in [1.807, 2.05) is 41.0 Å². The second kappa shape index (κ2) is 9.14. The number of hydrogen-bond donors (Lipinski definition) is 1. The van der Waals surface area contributed by atoms with Crippen LogP contribution < -0.4 is 5.32 Å². The van der Waals surface area contributed by atoms with Gasteiger partial charge in [-0.15, -0.1) is 10.2 Å². The highest BCUT2D eigenvalue weighted by atomic mass is 32.2. The van der Waals surface area contributed by atoms with E-state index in [9.17, 15) is 9.18 Å². The van der Waals surface area contributed by atoms with Gasteiger partial charge in [-0.1, -0.05) is 60.3 Å². The minimum absolute atomic E-state index is 0.0755. The third-order valence-corrected chi connectivity index (χ3v) is 5.82. The molecule has 1 heterocycles. The van der Waals surface area contributed by atoms with Crippen molar-refractivity contribution in [3.05, 3.63) is 89.7 Å². The van der Waals surface area contributed by atoms with Gasteiger partial charge < -0.3 is 5.32 Å². The molecule has 0 spiro atoms. The van der Waals surface area contributed by atoms with E-state index in [2.05, 4.69) is 41.5 Å². The van der Waals surface area contributed by atoms with Gasteiger partial charge in [0.2, 0.25) is 5.91 Å². The summed E-state index contributed by atoms with van der Waals surface area (Å²) in [5.41, 5.74) is 4.35. The van der Waals surface area contributed by atoms with Gasteiger partial charge >= 0.3 is 0 Å². The molecule has 31 heavy (non-hydrogen) atoms. The lowest BCUT2D eigenvalue weighted by atomic mass is 10.1. The van der Waals surface area contributed by atoms with Gasteiger partial charge in [0.25, 0.3) is 0 Å². The van der Waals surface area contributed by atoms with Crippen molar-refractivity contribution < 1.29 is 9.18 Å². The van der Waals surface area contributed by atoms with E-state index in [-0.39, 0.29) is 17.3 Å². The van der Waals surface area contributed by atoms with Gasteiger partial charge in [-0.3, -0.25) is 9.36 Å². The molecule has 0 saturated carbocycles. The molecule has 0 saturated heterocycles. The van der Waals surface area contributed by atoms with Crippen LogP contribution in [0.5, 0.6) is 0 Å². The molecule has 1 amide bonds. The standard InChI is InChI=1S/C24H21FN4OS/c1-16-12-13-19(14-17(16)2)29-23(18-8-4-3-5-9-18)27-28-24(29)31-15-22(30)26-21-11-7-6-10-20(21)25/h3-14H,15H2,1-2H3,(H,26,30). The summed E-state index contributed by atoms with van der Waals surface area (Å²) in [5, 5.41) is 11.9. The third-order valence-electron chi connectivity index (χ3n) is 4.89. The number of para-hydroxylation sites is 1. The maximum absolute atomic E-state index is 13.8. The number of carbonyl (C=O) groups excluding carboxylic acids is 1. The molecule has 1 aromatic heterocycles. The Morgan fingerprint density at radius 3 is 2.45 bits per heavy atom. The fraction of sp³-hybridized carbons (Fsp3) is 0.125. The summed E-state index contributed by atoms with van der Waals surface area (Å²) in [6, 6.07) is 22.0. The molecule has 0 unspecified atom stereocenters. The number of aromatic nitrogens is 3. The molecule has 0 aliphatic heterocycles. The van der Waals surface area contributed by atoms with Gasteiger partial charge in [-0.25, -0.2) is 4.39 Å². The molecular weight excluding hydrogens is 411 g/mol. The lowest BCUT2D eigenvalue weighted by Crippen LogP contribution is -2.15. The van der Waals surface area contributed by atoms with Crippen molar-refractivity contribution in [2.45, 2.75) is 19.0 Å².